The minimum atomic E-state index is -0.609. The number of hydrogen-bond acceptors (Lipinski definition) is 6. The second-order valence-electron chi connectivity index (χ2n) is 9.50. The lowest BCUT2D eigenvalue weighted by molar-refractivity contribution is 0.0930. The molecule has 194 valence electrons. The van der Waals surface area contributed by atoms with Crippen LogP contribution in [0.5, 0.6) is 5.75 Å². The van der Waals surface area contributed by atoms with Crippen LogP contribution >= 0.6 is 0 Å². The molecule has 37 heavy (non-hydrogen) atoms. The Morgan fingerprint density at radius 3 is 2.54 bits per heavy atom. The van der Waals surface area contributed by atoms with E-state index in [0.717, 1.165) is 28.0 Å². The largest absolute Gasteiger partial charge is 0.489 e. The lowest BCUT2D eigenvalue weighted by Gasteiger charge is -2.19. The second kappa shape index (κ2) is 11.5. The van der Waals surface area contributed by atoms with E-state index in [0.29, 0.717) is 29.8 Å². The summed E-state index contributed by atoms with van der Waals surface area (Å²) in [5.41, 5.74) is 11.2. The van der Waals surface area contributed by atoms with Crippen molar-refractivity contribution < 1.29 is 19.7 Å². The van der Waals surface area contributed by atoms with E-state index in [4.69, 9.17) is 15.5 Å². The maximum atomic E-state index is 12.9. The molecule has 5 N–H and O–H groups in total. The third-order valence-electron chi connectivity index (χ3n) is 6.14. The first-order valence-corrected chi connectivity index (χ1v) is 12.5. The van der Waals surface area contributed by atoms with Crippen molar-refractivity contribution in [2.45, 2.75) is 51.9 Å². The number of carbonyl (C=O) groups excluding carboxylic acids is 1. The number of aromatic nitrogens is 2. The third-order valence-corrected chi connectivity index (χ3v) is 6.14. The van der Waals surface area contributed by atoms with Crippen molar-refractivity contribution >= 4 is 17.2 Å². The molecule has 8 nitrogen and oxygen atoms in total. The summed E-state index contributed by atoms with van der Waals surface area (Å²) >= 11 is 0. The van der Waals surface area contributed by atoms with E-state index in [1.165, 1.54) is 0 Å². The van der Waals surface area contributed by atoms with Crippen molar-refractivity contribution in [2.75, 3.05) is 12.3 Å². The lowest BCUT2D eigenvalue weighted by Crippen LogP contribution is -2.37. The van der Waals surface area contributed by atoms with E-state index < -0.39 is 6.10 Å². The van der Waals surface area contributed by atoms with Crippen molar-refractivity contribution in [1.82, 2.24) is 14.7 Å². The molecule has 0 spiro atoms. The van der Waals surface area contributed by atoms with Crippen molar-refractivity contribution in [1.29, 1.82) is 0 Å². The normalized spacial score (nSPS) is 13.0. The number of aliphatic hydroxyl groups excluding tert-OH is 2. The Hall–Kier alpha value is -3.88. The maximum Gasteiger partial charge on any atom is 0.251 e. The predicted octanol–water partition coefficient (Wildman–Crippen LogP) is 4.15. The van der Waals surface area contributed by atoms with E-state index in [9.17, 15) is 15.0 Å². The molecule has 0 saturated heterocycles. The highest BCUT2D eigenvalue weighted by atomic mass is 16.5. The highest BCUT2D eigenvalue weighted by Crippen LogP contribution is 2.25. The Bertz CT molecular complexity index is 1360. The van der Waals surface area contributed by atoms with Gasteiger partial charge in [-0.25, -0.2) is 4.98 Å². The zero-order valence-electron chi connectivity index (χ0n) is 21.4. The number of nitrogen functional groups attached to an aromatic ring is 1. The summed E-state index contributed by atoms with van der Waals surface area (Å²) in [6.45, 7) is 5.51. The van der Waals surface area contributed by atoms with Gasteiger partial charge in [-0.1, -0.05) is 30.3 Å². The van der Waals surface area contributed by atoms with Crippen molar-refractivity contribution in [3.05, 3.63) is 83.7 Å². The monoisotopic (exact) mass is 502 g/mol. The van der Waals surface area contributed by atoms with Crippen LogP contribution in [0.25, 0.3) is 16.9 Å². The van der Waals surface area contributed by atoms with Gasteiger partial charge in [-0.05, 0) is 63.4 Å². The van der Waals surface area contributed by atoms with Crippen LogP contribution in [-0.2, 0) is 6.42 Å². The summed E-state index contributed by atoms with van der Waals surface area (Å²) in [6.07, 6.45) is 4.21. The van der Waals surface area contributed by atoms with E-state index in [1.54, 1.807) is 25.1 Å². The standard InChI is InChI=1S/C29H34N4O4/c1-18(2)37-27-11-10-22(16-25(27)30)29(36)31-23(12-14-34)15-20-6-8-21(9-7-20)26-17-33-13-4-5-24(19(3)35)28(33)32-26/h4-11,13,16-19,23,34-35H,12,14-15,30H2,1-3H3,(H,31,36)/t19?,23-/m1/s1. The smallest absolute Gasteiger partial charge is 0.251 e. The predicted molar refractivity (Wildman–Crippen MR) is 145 cm³/mol. The van der Waals surface area contributed by atoms with Gasteiger partial charge in [-0.2, -0.15) is 0 Å². The number of ether oxygens (including phenoxy) is 1. The van der Waals surface area contributed by atoms with Crippen LogP contribution in [0.4, 0.5) is 5.69 Å². The summed E-state index contributed by atoms with van der Waals surface area (Å²) in [5.74, 6) is 0.294. The minimum absolute atomic E-state index is 0.0169. The number of benzene rings is 2. The molecule has 2 aromatic carbocycles. The Kier molecular flexibility index (Phi) is 8.11. The van der Waals surface area contributed by atoms with E-state index in [2.05, 4.69) is 5.32 Å². The molecule has 0 fully saturated rings. The molecule has 2 aromatic heterocycles. The number of nitrogens with one attached hydrogen (secondary N) is 1. The van der Waals surface area contributed by atoms with Crippen molar-refractivity contribution in [2.24, 2.45) is 0 Å². The fraction of sp³-hybridized carbons (Fsp3) is 0.310. The summed E-state index contributed by atoms with van der Waals surface area (Å²) in [5, 5.41) is 22.6. The van der Waals surface area contributed by atoms with E-state index in [1.807, 2.05) is 67.0 Å². The molecule has 4 aromatic rings. The molecule has 1 amide bonds. The molecule has 4 rings (SSSR count). The number of anilines is 1. The highest BCUT2D eigenvalue weighted by Gasteiger charge is 2.17. The summed E-state index contributed by atoms with van der Waals surface area (Å²) in [4.78, 5) is 17.6. The number of hydrogen-bond donors (Lipinski definition) is 4. The molecule has 8 heteroatoms. The maximum absolute atomic E-state index is 12.9. The average Bonchev–Trinajstić information content (AvgIpc) is 3.30. The number of pyridine rings is 1. The quantitative estimate of drug-likeness (QED) is 0.242. The fourth-order valence-corrected chi connectivity index (χ4v) is 4.30. The number of carbonyl (C=O) groups is 1. The van der Waals surface area contributed by atoms with Crippen LogP contribution in [0.15, 0.2) is 67.0 Å². The fourth-order valence-electron chi connectivity index (χ4n) is 4.30. The SMILES string of the molecule is CC(C)Oc1ccc(C(=O)N[C@H](CCO)Cc2ccc(-c3cn4cccc(C(C)O)c4n3)cc2)cc1N. The average molecular weight is 503 g/mol. The molecule has 2 heterocycles. The molecule has 0 aliphatic heterocycles. The second-order valence-corrected chi connectivity index (χ2v) is 9.50. The van der Waals surface area contributed by atoms with Gasteiger partial charge in [0.25, 0.3) is 5.91 Å². The number of amides is 1. The Balaban J connectivity index is 1.46. The number of imidazole rings is 1. The lowest BCUT2D eigenvalue weighted by atomic mass is 10.0. The summed E-state index contributed by atoms with van der Waals surface area (Å²) < 4.78 is 7.56. The first-order valence-electron chi connectivity index (χ1n) is 12.5. The Labute approximate surface area is 216 Å². The molecule has 0 aliphatic rings. The molecule has 0 bridgehead atoms. The molecule has 0 saturated carbocycles. The molecule has 2 atom stereocenters. The molecular weight excluding hydrogens is 468 g/mol. The molecule has 0 radical (unpaired) electrons. The van der Waals surface area contributed by atoms with E-state index in [-0.39, 0.29) is 24.7 Å². The van der Waals surface area contributed by atoms with Gasteiger partial charge in [-0.3, -0.25) is 4.79 Å². The van der Waals surface area contributed by atoms with E-state index >= 15 is 0 Å². The number of nitrogens with zero attached hydrogens (tertiary/aromatic N) is 2. The van der Waals surface area contributed by atoms with Gasteiger partial charge >= 0.3 is 0 Å². The topological polar surface area (TPSA) is 122 Å². The first-order chi connectivity index (χ1) is 17.7. The van der Waals surface area contributed by atoms with Crippen LogP contribution in [0, 0.1) is 0 Å². The van der Waals surface area contributed by atoms with Crippen LogP contribution in [0.2, 0.25) is 0 Å². The zero-order chi connectivity index (χ0) is 26.5. The molecule has 0 aliphatic carbocycles. The third kappa shape index (κ3) is 6.28. The Morgan fingerprint density at radius 1 is 1.14 bits per heavy atom. The first kappa shape index (κ1) is 26.2. The van der Waals surface area contributed by atoms with Crippen LogP contribution in [-0.4, -0.2) is 44.3 Å². The minimum Gasteiger partial charge on any atom is -0.489 e. The van der Waals surface area contributed by atoms with Crippen molar-refractivity contribution in [3.63, 3.8) is 0 Å². The van der Waals surface area contributed by atoms with Gasteiger partial charge in [0, 0.05) is 41.7 Å². The number of nitrogens with two attached hydrogens (primary N) is 1. The summed E-state index contributed by atoms with van der Waals surface area (Å²) in [6, 6.07) is 16.5. The summed E-state index contributed by atoms with van der Waals surface area (Å²) in [7, 11) is 0. The van der Waals surface area contributed by atoms with Gasteiger partial charge in [0.15, 0.2) is 0 Å². The van der Waals surface area contributed by atoms with Gasteiger partial charge < -0.3 is 30.4 Å². The highest BCUT2D eigenvalue weighted by molar-refractivity contribution is 5.95. The number of fused-ring (bicyclic) bond motifs is 1. The van der Waals surface area contributed by atoms with Crippen molar-refractivity contribution in [3.8, 4) is 17.0 Å². The zero-order valence-corrected chi connectivity index (χ0v) is 21.4. The Morgan fingerprint density at radius 2 is 1.89 bits per heavy atom. The van der Waals surface area contributed by atoms with Gasteiger partial charge in [0.1, 0.15) is 11.4 Å². The van der Waals surface area contributed by atoms with Crippen LogP contribution in [0.3, 0.4) is 0 Å². The number of rotatable bonds is 10. The molecular formula is C29H34N4O4. The van der Waals surface area contributed by atoms with Gasteiger partial charge in [0.2, 0.25) is 0 Å². The molecule has 1 unspecified atom stereocenters. The van der Waals surface area contributed by atoms with Crippen LogP contribution < -0.4 is 15.8 Å². The van der Waals surface area contributed by atoms with Gasteiger partial charge in [0.05, 0.1) is 23.6 Å². The van der Waals surface area contributed by atoms with Gasteiger partial charge in [-0.15, -0.1) is 0 Å². The number of aliphatic hydroxyl groups is 2. The van der Waals surface area contributed by atoms with Crippen LogP contribution in [0.1, 0.15) is 54.8 Å².